The maximum atomic E-state index is 11.6. The molecule has 5 nitrogen and oxygen atoms in total. The molecule has 0 spiro atoms. The van der Waals surface area contributed by atoms with Crippen LogP contribution in [0.5, 0.6) is 0 Å². The van der Waals surface area contributed by atoms with E-state index in [1.807, 2.05) is 12.1 Å². The van der Waals surface area contributed by atoms with Gasteiger partial charge in [0.15, 0.2) is 0 Å². The van der Waals surface area contributed by atoms with Crippen LogP contribution in [0.3, 0.4) is 0 Å². The molecule has 0 bridgehead atoms. The van der Waals surface area contributed by atoms with Gasteiger partial charge < -0.3 is 18.6 Å². The fourth-order valence-electron chi connectivity index (χ4n) is 4.14. The van der Waals surface area contributed by atoms with Crippen LogP contribution in [0, 0.1) is 0 Å². The van der Waals surface area contributed by atoms with Crippen molar-refractivity contribution >= 4 is 24.7 Å². The third-order valence-electron chi connectivity index (χ3n) is 5.81. The zero-order valence-electron chi connectivity index (χ0n) is 21.4. The Labute approximate surface area is 206 Å². The fourth-order valence-corrected chi connectivity index (χ4v) is 8.69. The molecule has 0 atom stereocenters. The van der Waals surface area contributed by atoms with Crippen LogP contribution < -0.4 is 10.4 Å². The van der Waals surface area contributed by atoms with Crippen molar-refractivity contribution in [2.75, 3.05) is 39.6 Å². The van der Waals surface area contributed by atoms with Gasteiger partial charge in [-0.25, -0.2) is 0 Å². The van der Waals surface area contributed by atoms with Crippen LogP contribution >= 0.6 is 0 Å². The van der Waals surface area contributed by atoms with Crippen molar-refractivity contribution in [2.24, 2.45) is 0 Å². The minimum Gasteiger partial charge on any atom is -0.463 e. The maximum absolute atomic E-state index is 11.6. The van der Waals surface area contributed by atoms with Crippen LogP contribution in [0.25, 0.3) is 0 Å². The highest BCUT2D eigenvalue weighted by atomic mass is 28.4. The van der Waals surface area contributed by atoms with Crippen LogP contribution in [-0.4, -0.2) is 53.9 Å². The molecule has 2 aromatic rings. The van der Waals surface area contributed by atoms with Crippen molar-refractivity contribution in [3.63, 3.8) is 0 Å². The van der Waals surface area contributed by atoms with E-state index in [9.17, 15) is 4.79 Å². The molecular weight excluding hydrogens is 444 g/mol. The normalized spacial score (nSPS) is 12.0. The van der Waals surface area contributed by atoms with Gasteiger partial charge in [-0.2, -0.15) is 0 Å². The lowest BCUT2D eigenvalue weighted by Crippen LogP contribution is -2.66. The summed E-state index contributed by atoms with van der Waals surface area (Å²) in [7, 11) is -2.52. The van der Waals surface area contributed by atoms with Crippen molar-refractivity contribution < 1.29 is 23.4 Å². The van der Waals surface area contributed by atoms with E-state index >= 15 is 0 Å². The molecule has 2 rings (SSSR count). The van der Waals surface area contributed by atoms with E-state index in [2.05, 4.69) is 76.2 Å². The maximum Gasteiger partial charge on any atom is 0.305 e. The largest absolute Gasteiger partial charge is 0.463 e. The van der Waals surface area contributed by atoms with E-state index in [0.29, 0.717) is 46.1 Å². The Morgan fingerprint density at radius 3 is 1.74 bits per heavy atom. The molecule has 0 aliphatic rings. The Hall–Kier alpha value is -1.99. The molecular formula is C28H42O5Si. The van der Waals surface area contributed by atoms with Gasteiger partial charge in [0, 0.05) is 6.42 Å². The summed E-state index contributed by atoms with van der Waals surface area (Å²) in [5.41, 5.74) is 0. The number of benzene rings is 2. The van der Waals surface area contributed by atoms with E-state index in [0.717, 1.165) is 19.3 Å². The zero-order valence-corrected chi connectivity index (χ0v) is 22.4. The molecule has 0 aromatic heterocycles. The van der Waals surface area contributed by atoms with Gasteiger partial charge in [-0.1, -0.05) is 101 Å². The first-order chi connectivity index (χ1) is 16.4. The van der Waals surface area contributed by atoms with Gasteiger partial charge in [-0.05, 0) is 21.8 Å². The summed E-state index contributed by atoms with van der Waals surface area (Å²) in [5, 5.41) is 2.48. The molecule has 0 unspecified atom stereocenters. The minimum absolute atomic E-state index is 0.0488. The second kappa shape index (κ2) is 15.1. The van der Waals surface area contributed by atoms with Crippen molar-refractivity contribution in [3.05, 3.63) is 60.7 Å². The van der Waals surface area contributed by atoms with E-state index in [1.165, 1.54) is 10.4 Å². The molecule has 2 aromatic carbocycles. The van der Waals surface area contributed by atoms with E-state index in [1.54, 1.807) is 0 Å². The van der Waals surface area contributed by atoms with Gasteiger partial charge in [0.05, 0.1) is 33.0 Å². The molecule has 0 heterocycles. The zero-order chi connectivity index (χ0) is 24.7. The monoisotopic (exact) mass is 486 g/mol. The molecule has 0 N–H and O–H groups in total. The Kier molecular flexibility index (Phi) is 12.5. The van der Waals surface area contributed by atoms with Gasteiger partial charge in [-0.3, -0.25) is 4.79 Å². The quantitative estimate of drug-likeness (QED) is 0.195. The molecule has 0 radical (unpaired) electrons. The lowest BCUT2D eigenvalue weighted by molar-refractivity contribution is -0.145. The molecule has 34 heavy (non-hydrogen) atoms. The molecule has 188 valence electrons. The average Bonchev–Trinajstić information content (AvgIpc) is 2.83. The number of unbranched alkanes of at least 4 members (excludes halogenated alkanes) is 2. The first-order valence-electron chi connectivity index (χ1n) is 12.5. The Morgan fingerprint density at radius 1 is 0.735 bits per heavy atom. The number of carbonyl (C=O) groups excluding carboxylic acids is 1. The first-order valence-corrected chi connectivity index (χ1v) is 14.4. The highest BCUT2D eigenvalue weighted by molar-refractivity contribution is 6.99. The first kappa shape index (κ1) is 28.2. The minimum atomic E-state index is -2.52. The molecule has 6 heteroatoms. The van der Waals surface area contributed by atoms with Crippen LogP contribution in [-0.2, 0) is 23.4 Å². The van der Waals surface area contributed by atoms with Crippen molar-refractivity contribution in [3.8, 4) is 0 Å². The number of esters is 1. The van der Waals surface area contributed by atoms with Crippen LogP contribution in [0.1, 0.15) is 53.4 Å². The summed E-state index contributed by atoms with van der Waals surface area (Å²) in [6.45, 7) is 11.6. The Morgan fingerprint density at radius 2 is 1.24 bits per heavy atom. The lowest BCUT2D eigenvalue weighted by atomic mass is 10.2. The molecule has 0 saturated heterocycles. The summed E-state index contributed by atoms with van der Waals surface area (Å²) in [5.74, 6) is -0.145. The van der Waals surface area contributed by atoms with Gasteiger partial charge in [0.2, 0.25) is 0 Å². The van der Waals surface area contributed by atoms with Crippen LogP contribution in [0.4, 0.5) is 0 Å². The van der Waals surface area contributed by atoms with E-state index in [-0.39, 0.29) is 11.0 Å². The van der Waals surface area contributed by atoms with Crippen molar-refractivity contribution in [1.29, 1.82) is 0 Å². The molecule has 0 aliphatic heterocycles. The summed E-state index contributed by atoms with van der Waals surface area (Å²) in [6, 6.07) is 21.2. The number of hydrogen-bond donors (Lipinski definition) is 0. The summed E-state index contributed by atoms with van der Waals surface area (Å²) in [6.07, 6.45) is 3.53. The summed E-state index contributed by atoms with van der Waals surface area (Å²) in [4.78, 5) is 11.6. The Balaban J connectivity index is 1.78. The highest BCUT2D eigenvalue weighted by Gasteiger charge is 2.49. The lowest BCUT2D eigenvalue weighted by Gasteiger charge is -2.43. The molecule has 0 amide bonds. The van der Waals surface area contributed by atoms with Gasteiger partial charge in [0.25, 0.3) is 8.32 Å². The summed E-state index contributed by atoms with van der Waals surface area (Å²) >= 11 is 0. The number of hydrogen-bond acceptors (Lipinski definition) is 5. The van der Waals surface area contributed by atoms with Gasteiger partial charge >= 0.3 is 5.97 Å². The van der Waals surface area contributed by atoms with Crippen LogP contribution in [0.15, 0.2) is 60.7 Å². The molecule has 0 aliphatic carbocycles. The Bertz CT molecular complexity index is 765. The van der Waals surface area contributed by atoms with Crippen molar-refractivity contribution in [1.82, 2.24) is 0 Å². The predicted octanol–water partition coefficient (Wildman–Crippen LogP) is 4.72. The third kappa shape index (κ3) is 8.66. The number of rotatable bonds is 16. The second-order valence-corrected chi connectivity index (χ2v) is 13.7. The number of carbonyl (C=O) groups is 1. The van der Waals surface area contributed by atoms with E-state index in [4.69, 9.17) is 18.6 Å². The van der Waals surface area contributed by atoms with Gasteiger partial charge in [-0.15, -0.1) is 0 Å². The van der Waals surface area contributed by atoms with E-state index < -0.39 is 8.32 Å². The smallest absolute Gasteiger partial charge is 0.305 e. The van der Waals surface area contributed by atoms with Gasteiger partial charge in [0.1, 0.15) is 6.61 Å². The standard InChI is InChI=1S/C28H42O5Si/c1-5-6-9-18-27(29)32-23-21-30-19-20-31-22-24-33-34(28(2,3)4,25-14-10-7-11-15-25)26-16-12-8-13-17-26/h7-8,10-17H,5-6,9,18-24H2,1-4H3. The summed E-state index contributed by atoms with van der Waals surface area (Å²) < 4.78 is 23.2. The fraction of sp³-hybridized carbons (Fsp3) is 0.536. The predicted molar refractivity (Wildman–Crippen MR) is 140 cm³/mol. The van der Waals surface area contributed by atoms with Crippen LogP contribution in [0.2, 0.25) is 5.04 Å². The second-order valence-electron chi connectivity index (χ2n) is 9.41. The number of ether oxygens (including phenoxy) is 3. The van der Waals surface area contributed by atoms with Crippen molar-refractivity contribution in [2.45, 2.75) is 58.4 Å². The molecule has 0 saturated carbocycles. The topological polar surface area (TPSA) is 54.0 Å². The third-order valence-corrected chi connectivity index (χ3v) is 10.9. The SMILES string of the molecule is CCCCCC(=O)OCCOCCOCCO[Si](c1ccccc1)(c1ccccc1)C(C)(C)C. The average molecular weight is 487 g/mol. The highest BCUT2D eigenvalue weighted by Crippen LogP contribution is 2.36. The molecule has 0 fully saturated rings.